The van der Waals surface area contributed by atoms with E-state index in [0.29, 0.717) is 5.41 Å². The fourth-order valence-electron chi connectivity index (χ4n) is 5.12. The van der Waals surface area contributed by atoms with Crippen LogP contribution in [0.5, 0.6) is 0 Å². The van der Waals surface area contributed by atoms with Crippen LogP contribution in [0.2, 0.25) is 11.6 Å². The van der Waals surface area contributed by atoms with Crippen LogP contribution in [-0.2, 0) is 0 Å². The maximum Gasteiger partial charge on any atom is 1.00 e. The van der Waals surface area contributed by atoms with Gasteiger partial charge in [-0.05, 0) is 23.7 Å². The van der Waals surface area contributed by atoms with E-state index < -0.39 is 0 Å². The van der Waals surface area contributed by atoms with Crippen molar-refractivity contribution < 1.29 is 18.9 Å². The molecule has 0 spiro atoms. The number of hydrogen-bond acceptors (Lipinski definition) is 0. The van der Waals surface area contributed by atoms with Crippen molar-refractivity contribution in [2.24, 2.45) is 23.2 Å². The minimum absolute atomic E-state index is 0. The maximum atomic E-state index is 2.79. The smallest absolute Gasteiger partial charge is 0.328 e. The Morgan fingerprint density at radius 1 is 1.00 bits per heavy atom. The van der Waals surface area contributed by atoms with E-state index >= 15 is 0 Å². The summed E-state index contributed by atoms with van der Waals surface area (Å²) < 4.78 is 0. The Morgan fingerprint density at radius 3 is 2.22 bits per heavy atom. The Kier molecular flexibility index (Phi) is 4.66. The molecule has 96 valence electrons. The number of hydrogen-bond donors (Lipinski definition) is 0. The summed E-state index contributed by atoms with van der Waals surface area (Å²) in [5.41, 5.74) is 0.663. The molecule has 0 amide bonds. The molecule has 0 heterocycles. The van der Waals surface area contributed by atoms with Crippen molar-refractivity contribution in [3.8, 4) is 0 Å². The predicted molar refractivity (Wildman–Crippen MR) is 75.5 cm³/mol. The molecule has 2 heteroatoms. The molecule has 4 aliphatic rings. The van der Waals surface area contributed by atoms with Crippen LogP contribution in [-0.4, -0.2) is 7.28 Å². The zero-order chi connectivity index (χ0) is 12.0. The van der Waals surface area contributed by atoms with Crippen LogP contribution < -0.4 is 18.9 Å². The number of rotatable bonds is 2. The molecule has 4 atom stereocenters. The van der Waals surface area contributed by atoms with E-state index in [2.05, 4.69) is 28.1 Å². The Bertz CT molecular complexity index is 283. The molecule has 0 saturated heterocycles. The third-order valence-electron chi connectivity index (χ3n) is 6.58. The summed E-state index contributed by atoms with van der Waals surface area (Å²) in [5.74, 6) is 4.93. The summed E-state index contributed by atoms with van der Waals surface area (Å²) in [6.07, 6.45) is 10.5. The van der Waals surface area contributed by atoms with Crippen molar-refractivity contribution in [3.63, 3.8) is 0 Å². The molecular weight excluding hydrogens is 210 g/mol. The first-order valence-electron chi connectivity index (χ1n) is 7.94. The second-order valence-electron chi connectivity index (χ2n) is 7.71. The molecule has 4 saturated carbocycles. The third kappa shape index (κ3) is 2.47. The third-order valence-corrected chi connectivity index (χ3v) is 6.58. The van der Waals surface area contributed by atoms with Gasteiger partial charge in [0.15, 0.2) is 0 Å². The Labute approximate surface area is 126 Å². The van der Waals surface area contributed by atoms with Crippen LogP contribution in [0.3, 0.4) is 0 Å². The van der Waals surface area contributed by atoms with E-state index in [0.717, 1.165) is 29.4 Å². The van der Waals surface area contributed by atoms with Crippen molar-refractivity contribution in [1.82, 2.24) is 0 Å². The van der Waals surface area contributed by atoms with Gasteiger partial charge in [-0.3, -0.25) is 0 Å². The van der Waals surface area contributed by atoms with E-state index in [1.165, 1.54) is 44.9 Å². The van der Waals surface area contributed by atoms with E-state index in [-0.39, 0.29) is 18.9 Å². The quantitative estimate of drug-likeness (QED) is 0.645. The second kappa shape index (κ2) is 5.57. The molecule has 4 rings (SSSR count). The average molecular weight is 238 g/mol. The molecule has 0 aromatic rings. The Morgan fingerprint density at radius 2 is 1.67 bits per heavy atom. The first-order chi connectivity index (χ1) is 8.09. The molecule has 0 aliphatic heterocycles. The maximum absolute atomic E-state index is 2.79. The zero-order valence-corrected chi connectivity index (χ0v) is 12.9. The van der Waals surface area contributed by atoms with E-state index in [4.69, 9.17) is 0 Å². The van der Waals surface area contributed by atoms with Crippen molar-refractivity contribution in [1.29, 1.82) is 0 Å². The van der Waals surface area contributed by atoms with Gasteiger partial charge < -0.3 is 7.28 Å². The van der Waals surface area contributed by atoms with Gasteiger partial charge in [0.25, 0.3) is 0 Å². The van der Waals surface area contributed by atoms with Gasteiger partial charge in [0.1, 0.15) is 0 Å². The summed E-state index contributed by atoms with van der Waals surface area (Å²) >= 11 is 0. The first kappa shape index (κ1) is 15.1. The van der Waals surface area contributed by atoms with Crippen LogP contribution in [0.25, 0.3) is 0 Å². The van der Waals surface area contributed by atoms with Crippen LogP contribution >= 0.6 is 0 Å². The van der Waals surface area contributed by atoms with Crippen molar-refractivity contribution in [2.75, 3.05) is 0 Å². The average Bonchev–Trinajstić information content (AvgIpc) is 2.32. The molecule has 0 nitrogen and oxygen atoms in total. The fourth-order valence-corrected chi connectivity index (χ4v) is 5.12. The Hall–Kier alpha value is 0.662. The van der Waals surface area contributed by atoms with E-state index in [9.17, 15) is 0 Å². The van der Waals surface area contributed by atoms with Gasteiger partial charge in [-0.1, -0.05) is 65.2 Å². The summed E-state index contributed by atoms with van der Waals surface area (Å²) in [6.45, 7) is 7.56. The summed E-state index contributed by atoms with van der Waals surface area (Å²) in [4.78, 5) is 0. The normalized spacial score (nSPS) is 42.8. The van der Waals surface area contributed by atoms with Crippen LogP contribution in [0, 0.1) is 23.2 Å². The fraction of sp³-hybridized carbons (Fsp3) is 1.00. The van der Waals surface area contributed by atoms with Crippen LogP contribution in [0.4, 0.5) is 0 Å². The first-order valence-corrected chi connectivity index (χ1v) is 7.94. The molecule has 18 heavy (non-hydrogen) atoms. The van der Waals surface area contributed by atoms with Gasteiger partial charge in [-0.15, -0.1) is 0 Å². The topological polar surface area (TPSA) is 0 Å². The Balaban J connectivity index is 0.00000120. The molecule has 2 radical (unpaired) electrons. The molecular formula is C16H28BLi. The predicted octanol–water partition coefficient (Wildman–Crippen LogP) is 1.94. The minimum atomic E-state index is 0. The van der Waals surface area contributed by atoms with Crippen molar-refractivity contribution >= 4 is 7.28 Å². The molecule has 0 aromatic heterocycles. The summed E-state index contributed by atoms with van der Waals surface area (Å²) in [7, 11) is 2.79. The van der Waals surface area contributed by atoms with Gasteiger partial charge in [0, 0.05) is 0 Å². The monoisotopic (exact) mass is 238 g/mol. The van der Waals surface area contributed by atoms with E-state index in [1.807, 2.05) is 0 Å². The van der Waals surface area contributed by atoms with Gasteiger partial charge in [-0.2, -0.15) is 0 Å². The van der Waals surface area contributed by atoms with Gasteiger partial charge in [0.05, 0.1) is 0 Å². The van der Waals surface area contributed by atoms with Crippen LogP contribution in [0.1, 0.15) is 65.7 Å². The summed E-state index contributed by atoms with van der Waals surface area (Å²) in [6, 6.07) is 0. The van der Waals surface area contributed by atoms with Gasteiger partial charge >= 0.3 is 18.9 Å². The molecule has 0 aromatic carbocycles. The minimum Gasteiger partial charge on any atom is -0.328 e. The standard InChI is InChI=1S/C16H28B.Li/c1-11-14-9-12(16(14,2)3)10-15(11)17-13-7-5-4-6-8-13;/h11-15H,4-10H2,1-3H3;/q-1;+1/t11-,12+,14-,15-;/m1./s1. The molecule has 4 fully saturated rings. The molecule has 4 aliphatic carbocycles. The summed E-state index contributed by atoms with van der Waals surface area (Å²) in [5, 5.41) is 0. The van der Waals surface area contributed by atoms with Crippen molar-refractivity contribution in [2.45, 2.75) is 77.4 Å². The SMILES string of the molecule is C[C@H]1[C@H]([B-]C2CCCCC2)C[C@@H]2C[C@H]1C2(C)C.[Li+]. The molecule has 0 N–H and O–H groups in total. The zero-order valence-electron chi connectivity index (χ0n) is 12.9. The van der Waals surface area contributed by atoms with Gasteiger partial charge in [-0.25, -0.2) is 11.6 Å². The molecule has 0 unspecified atom stereocenters. The van der Waals surface area contributed by atoms with Crippen LogP contribution in [0.15, 0.2) is 0 Å². The van der Waals surface area contributed by atoms with E-state index in [1.54, 1.807) is 0 Å². The largest absolute Gasteiger partial charge is 1.00 e. The molecule has 2 bridgehead atoms. The number of fused-ring (bicyclic) bond motifs is 2. The van der Waals surface area contributed by atoms with Crippen molar-refractivity contribution in [3.05, 3.63) is 0 Å². The second-order valence-corrected chi connectivity index (χ2v) is 7.71. The van der Waals surface area contributed by atoms with Gasteiger partial charge in [0.2, 0.25) is 0 Å².